The van der Waals surface area contributed by atoms with Gasteiger partial charge in [0.25, 0.3) is 0 Å². The molecule has 18 heavy (non-hydrogen) atoms. The van der Waals surface area contributed by atoms with Crippen LogP contribution >= 0.6 is 0 Å². The van der Waals surface area contributed by atoms with Crippen molar-refractivity contribution < 1.29 is 9.90 Å². The van der Waals surface area contributed by atoms with Gasteiger partial charge < -0.3 is 16.2 Å². The van der Waals surface area contributed by atoms with E-state index in [-0.39, 0.29) is 17.7 Å². The van der Waals surface area contributed by atoms with Gasteiger partial charge in [-0.05, 0) is 55.9 Å². The first-order chi connectivity index (χ1) is 8.47. The predicted octanol–water partition coefficient (Wildman–Crippen LogP) is 2.07. The molecule has 98 valence electrons. The molecule has 1 saturated carbocycles. The van der Waals surface area contributed by atoms with Gasteiger partial charge in [-0.15, -0.1) is 0 Å². The number of amides is 1. The zero-order valence-electron chi connectivity index (χ0n) is 10.9. The number of hydrogen-bond donors (Lipinski definition) is 3. The lowest BCUT2D eigenvalue weighted by molar-refractivity contribution is -0.116. The first-order valence-corrected chi connectivity index (χ1v) is 6.33. The molecule has 2 rings (SSSR count). The van der Waals surface area contributed by atoms with Crippen molar-refractivity contribution in [3.63, 3.8) is 0 Å². The summed E-state index contributed by atoms with van der Waals surface area (Å²) in [5.41, 5.74) is 8.28. The van der Waals surface area contributed by atoms with Gasteiger partial charge >= 0.3 is 0 Å². The molecule has 4 N–H and O–H groups in total. The topological polar surface area (TPSA) is 75.4 Å². The second-order valence-electron chi connectivity index (χ2n) is 5.21. The minimum absolute atomic E-state index is 0.0245. The fourth-order valence-corrected chi connectivity index (χ4v) is 2.04. The molecule has 1 aliphatic rings. The summed E-state index contributed by atoms with van der Waals surface area (Å²) in [5, 5.41) is 12.4. The Balaban J connectivity index is 1.99. The molecule has 0 spiro atoms. The van der Waals surface area contributed by atoms with Gasteiger partial charge in [0.05, 0.1) is 0 Å². The van der Waals surface area contributed by atoms with Crippen LogP contribution in [0.4, 0.5) is 5.69 Å². The maximum atomic E-state index is 11.8. The number of carbonyl (C=O) groups is 1. The Labute approximate surface area is 107 Å². The molecule has 1 aromatic rings. The molecular formula is C14H20N2O2. The number of nitrogens with two attached hydrogens (primary N) is 1. The predicted molar refractivity (Wildman–Crippen MR) is 71.5 cm³/mol. The summed E-state index contributed by atoms with van der Waals surface area (Å²) in [6.45, 7) is 3.66. The number of carbonyl (C=O) groups excluding carboxylic acids is 1. The number of phenols is 1. The molecular weight excluding hydrogens is 228 g/mol. The Morgan fingerprint density at radius 3 is 2.72 bits per heavy atom. The lowest BCUT2D eigenvalue weighted by Crippen LogP contribution is -2.29. The maximum Gasteiger partial charge on any atom is 0.225 e. The normalized spacial score (nSPS) is 16.4. The highest BCUT2D eigenvalue weighted by Gasteiger charge is 2.29. The average molecular weight is 248 g/mol. The zero-order chi connectivity index (χ0) is 13.3. The van der Waals surface area contributed by atoms with Gasteiger partial charge in [-0.2, -0.15) is 0 Å². The van der Waals surface area contributed by atoms with E-state index in [0.717, 1.165) is 29.7 Å². The van der Waals surface area contributed by atoms with Crippen molar-refractivity contribution in [2.75, 3.05) is 5.32 Å². The standard InChI is InChI=1S/C14H20N2O2/c1-8-6-13(17)9(2)5-12(8)16-14(18)7-11(15)10-3-4-10/h5-6,10-11,17H,3-4,7,15H2,1-2H3,(H,16,18). The van der Waals surface area contributed by atoms with Crippen LogP contribution in [0.1, 0.15) is 30.4 Å². The molecule has 1 unspecified atom stereocenters. The SMILES string of the molecule is Cc1cc(NC(=O)CC(N)C2CC2)c(C)cc1O. The van der Waals surface area contributed by atoms with Crippen molar-refractivity contribution in [1.82, 2.24) is 0 Å². The second kappa shape index (κ2) is 4.98. The summed E-state index contributed by atoms with van der Waals surface area (Å²) in [4.78, 5) is 11.8. The van der Waals surface area contributed by atoms with E-state index >= 15 is 0 Å². The smallest absolute Gasteiger partial charge is 0.225 e. The van der Waals surface area contributed by atoms with Crippen molar-refractivity contribution in [2.24, 2.45) is 11.7 Å². The molecule has 0 bridgehead atoms. The lowest BCUT2D eigenvalue weighted by atomic mass is 10.1. The highest BCUT2D eigenvalue weighted by Crippen LogP contribution is 2.33. The average Bonchev–Trinajstić information content (AvgIpc) is 3.09. The van der Waals surface area contributed by atoms with Gasteiger partial charge in [0, 0.05) is 18.2 Å². The third kappa shape index (κ3) is 3.01. The third-order valence-electron chi connectivity index (χ3n) is 3.47. The first-order valence-electron chi connectivity index (χ1n) is 6.33. The molecule has 1 aliphatic carbocycles. The summed E-state index contributed by atoms with van der Waals surface area (Å²) in [5.74, 6) is 0.723. The molecule has 1 fully saturated rings. The highest BCUT2D eigenvalue weighted by atomic mass is 16.3. The van der Waals surface area contributed by atoms with Crippen LogP contribution < -0.4 is 11.1 Å². The van der Waals surface area contributed by atoms with Crippen LogP contribution in [0.25, 0.3) is 0 Å². The van der Waals surface area contributed by atoms with Crippen molar-refractivity contribution in [3.05, 3.63) is 23.3 Å². The van der Waals surface area contributed by atoms with Crippen molar-refractivity contribution in [2.45, 2.75) is 39.2 Å². The van der Waals surface area contributed by atoms with E-state index in [1.807, 2.05) is 6.92 Å². The zero-order valence-corrected chi connectivity index (χ0v) is 10.9. The molecule has 4 nitrogen and oxygen atoms in total. The fourth-order valence-electron chi connectivity index (χ4n) is 2.04. The van der Waals surface area contributed by atoms with E-state index in [0.29, 0.717) is 12.3 Å². The number of aryl methyl sites for hydroxylation is 2. The highest BCUT2D eigenvalue weighted by molar-refractivity contribution is 5.92. The van der Waals surface area contributed by atoms with Gasteiger partial charge in [-0.25, -0.2) is 0 Å². The quantitative estimate of drug-likeness (QED) is 0.714. The van der Waals surface area contributed by atoms with Crippen molar-refractivity contribution in [3.8, 4) is 5.75 Å². The van der Waals surface area contributed by atoms with Crippen LogP contribution in [0.2, 0.25) is 0 Å². The van der Waals surface area contributed by atoms with Crippen LogP contribution in [0, 0.1) is 19.8 Å². The largest absolute Gasteiger partial charge is 0.508 e. The monoisotopic (exact) mass is 248 g/mol. The summed E-state index contributed by atoms with van der Waals surface area (Å²) in [7, 11) is 0. The van der Waals surface area contributed by atoms with Gasteiger partial charge in [0.15, 0.2) is 0 Å². The molecule has 0 aliphatic heterocycles. The molecule has 0 heterocycles. The van der Waals surface area contributed by atoms with Gasteiger partial charge in [0.1, 0.15) is 5.75 Å². The van der Waals surface area contributed by atoms with E-state index in [4.69, 9.17) is 5.73 Å². The summed E-state index contributed by atoms with van der Waals surface area (Å²) >= 11 is 0. The molecule has 1 aromatic carbocycles. The Morgan fingerprint density at radius 1 is 1.44 bits per heavy atom. The van der Waals surface area contributed by atoms with Crippen LogP contribution in [-0.4, -0.2) is 17.1 Å². The molecule has 0 radical (unpaired) electrons. The molecule has 0 aromatic heterocycles. The first kappa shape index (κ1) is 12.9. The number of rotatable bonds is 4. The molecule has 1 atom stereocenters. The minimum Gasteiger partial charge on any atom is -0.508 e. The van der Waals surface area contributed by atoms with Gasteiger partial charge in [-0.1, -0.05) is 0 Å². The molecule has 1 amide bonds. The Kier molecular flexibility index (Phi) is 3.57. The second-order valence-corrected chi connectivity index (χ2v) is 5.21. The van der Waals surface area contributed by atoms with Crippen LogP contribution in [0.3, 0.4) is 0 Å². The Bertz CT molecular complexity index is 467. The van der Waals surface area contributed by atoms with Crippen LogP contribution in [-0.2, 0) is 4.79 Å². The van der Waals surface area contributed by atoms with Crippen LogP contribution in [0.5, 0.6) is 5.75 Å². The summed E-state index contributed by atoms with van der Waals surface area (Å²) in [6, 6.07) is 3.42. The fraction of sp³-hybridized carbons (Fsp3) is 0.500. The van der Waals surface area contributed by atoms with Crippen LogP contribution in [0.15, 0.2) is 12.1 Å². The maximum absolute atomic E-state index is 11.8. The summed E-state index contributed by atoms with van der Waals surface area (Å²) < 4.78 is 0. The minimum atomic E-state index is -0.0532. The lowest BCUT2D eigenvalue weighted by Gasteiger charge is -2.13. The van der Waals surface area contributed by atoms with Gasteiger partial charge in [-0.3, -0.25) is 4.79 Å². The number of benzene rings is 1. The number of nitrogens with one attached hydrogen (secondary N) is 1. The number of hydrogen-bond acceptors (Lipinski definition) is 3. The Hall–Kier alpha value is -1.55. The van der Waals surface area contributed by atoms with E-state index < -0.39 is 0 Å². The van der Waals surface area contributed by atoms with Crippen molar-refractivity contribution >= 4 is 11.6 Å². The van der Waals surface area contributed by atoms with E-state index in [1.54, 1.807) is 19.1 Å². The number of aromatic hydroxyl groups is 1. The summed E-state index contributed by atoms with van der Waals surface area (Å²) in [6.07, 6.45) is 2.65. The molecule has 4 heteroatoms. The van der Waals surface area contributed by atoms with E-state index in [1.165, 1.54) is 0 Å². The third-order valence-corrected chi connectivity index (χ3v) is 3.47. The number of phenolic OH excluding ortho intramolecular Hbond substituents is 1. The van der Waals surface area contributed by atoms with Crippen molar-refractivity contribution in [1.29, 1.82) is 0 Å². The molecule has 0 saturated heterocycles. The van der Waals surface area contributed by atoms with Gasteiger partial charge in [0.2, 0.25) is 5.91 Å². The van der Waals surface area contributed by atoms with E-state index in [2.05, 4.69) is 5.32 Å². The number of anilines is 1. The van der Waals surface area contributed by atoms with E-state index in [9.17, 15) is 9.90 Å². The Morgan fingerprint density at radius 2 is 2.11 bits per heavy atom.